The Hall–Kier alpha value is -0.510. The van der Waals surface area contributed by atoms with E-state index in [0.717, 1.165) is 31.6 Å². The van der Waals surface area contributed by atoms with E-state index in [0.29, 0.717) is 11.3 Å². The highest BCUT2D eigenvalue weighted by Crippen LogP contribution is 2.15. The smallest absolute Gasteiger partial charge is 0.197 e. The Balaban J connectivity index is 2.00. The maximum absolute atomic E-state index is 5.80. The standard InChI is InChI=1S/C11H19ClN2O/c1-9(2)14-6-3-5-13-8-10-4-7-15-11(10)12/h4,7,9,13-14H,3,5-6,8H2,1-2H3. The molecule has 0 bridgehead atoms. The molecule has 0 radical (unpaired) electrons. The summed E-state index contributed by atoms with van der Waals surface area (Å²) in [4.78, 5) is 0. The molecule has 0 saturated carbocycles. The topological polar surface area (TPSA) is 37.2 Å². The molecule has 0 saturated heterocycles. The van der Waals surface area contributed by atoms with Crippen molar-refractivity contribution in [3.63, 3.8) is 0 Å². The van der Waals surface area contributed by atoms with Crippen LogP contribution in [0.2, 0.25) is 5.22 Å². The molecule has 1 aromatic rings. The van der Waals surface area contributed by atoms with Gasteiger partial charge in [-0.05, 0) is 37.2 Å². The van der Waals surface area contributed by atoms with Gasteiger partial charge in [0.15, 0.2) is 5.22 Å². The molecule has 1 aromatic heterocycles. The average molecular weight is 231 g/mol. The third kappa shape index (κ3) is 5.21. The van der Waals surface area contributed by atoms with Gasteiger partial charge in [-0.3, -0.25) is 0 Å². The Morgan fingerprint density at radius 3 is 2.80 bits per heavy atom. The zero-order valence-corrected chi connectivity index (χ0v) is 10.1. The van der Waals surface area contributed by atoms with Crippen LogP contribution in [-0.2, 0) is 6.54 Å². The molecule has 1 heterocycles. The molecule has 0 amide bonds. The predicted octanol–water partition coefficient (Wildman–Crippen LogP) is 2.41. The first kappa shape index (κ1) is 12.6. The number of nitrogens with one attached hydrogen (secondary N) is 2. The van der Waals surface area contributed by atoms with Crippen molar-refractivity contribution >= 4 is 11.6 Å². The quantitative estimate of drug-likeness (QED) is 0.707. The molecule has 4 heteroatoms. The van der Waals surface area contributed by atoms with Crippen LogP contribution in [0.5, 0.6) is 0 Å². The molecule has 0 fully saturated rings. The fraction of sp³-hybridized carbons (Fsp3) is 0.636. The summed E-state index contributed by atoms with van der Waals surface area (Å²) in [5.74, 6) is 0. The summed E-state index contributed by atoms with van der Waals surface area (Å²) in [6.07, 6.45) is 2.73. The van der Waals surface area contributed by atoms with Crippen molar-refractivity contribution in [2.75, 3.05) is 13.1 Å². The van der Waals surface area contributed by atoms with E-state index in [2.05, 4.69) is 24.5 Å². The first-order valence-corrected chi connectivity index (χ1v) is 5.74. The summed E-state index contributed by atoms with van der Waals surface area (Å²) in [7, 11) is 0. The van der Waals surface area contributed by atoms with Crippen molar-refractivity contribution in [2.24, 2.45) is 0 Å². The van der Waals surface area contributed by atoms with Crippen LogP contribution in [0.1, 0.15) is 25.8 Å². The number of halogens is 1. The van der Waals surface area contributed by atoms with E-state index in [1.54, 1.807) is 6.26 Å². The minimum atomic E-state index is 0.489. The Morgan fingerprint density at radius 1 is 1.40 bits per heavy atom. The first-order chi connectivity index (χ1) is 7.20. The molecule has 15 heavy (non-hydrogen) atoms. The maximum Gasteiger partial charge on any atom is 0.197 e. The van der Waals surface area contributed by atoms with Crippen molar-refractivity contribution in [1.82, 2.24) is 10.6 Å². The molecule has 86 valence electrons. The third-order valence-corrected chi connectivity index (χ3v) is 2.42. The van der Waals surface area contributed by atoms with Crippen molar-refractivity contribution in [3.05, 3.63) is 23.1 Å². The van der Waals surface area contributed by atoms with Gasteiger partial charge in [-0.15, -0.1) is 0 Å². The van der Waals surface area contributed by atoms with Gasteiger partial charge in [0.25, 0.3) is 0 Å². The van der Waals surface area contributed by atoms with Crippen LogP contribution in [0, 0.1) is 0 Å². The van der Waals surface area contributed by atoms with Gasteiger partial charge >= 0.3 is 0 Å². The van der Waals surface area contributed by atoms with E-state index in [1.807, 2.05) is 6.07 Å². The number of hydrogen-bond acceptors (Lipinski definition) is 3. The Bertz CT molecular complexity index is 273. The molecule has 3 nitrogen and oxygen atoms in total. The van der Waals surface area contributed by atoms with E-state index < -0.39 is 0 Å². The van der Waals surface area contributed by atoms with E-state index in [1.165, 1.54) is 0 Å². The molecule has 0 atom stereocenters. The minimum Gasteiger partial charge on any atom is -0.453 e. The summed E-state index contributed by atoms with van der Waals surface area (Å²) in [6, 6.07) is 2.45. The monoisotopic (exact) mass is 230 g/mol. The average Bonchev–Trinajstić information content (AvgIpc) is 2.57. The van der Waals surface area contributed by atoms with Gasteiger partial charge < -0.3 is 15.1 Å². The van der Waals surface area contributed by atoms with Gasteiger partial charge in [0.1, 0.15) is 0 Å². The summed E-state index contributed by atoms with van der Waals surface area (Å²) >= 11 is 5.80. The van der Waals surface area contributed by atoms with Gasteiger partial charge in [-0.25, -0.2) is 0 Å². The van der Waals surface area contributed by atoms with E-state index in [-0.39, 0.29) is 0 Å². The van der Waals surface area contributed by atoms with Crippen LogP contribution in [0.4, 0.5) is 0 Å². The highest BCUT2D eigenvalue weighted by atomic mass is 35.5. The van der Waals surface area contributed by atoms with E-state index in [4.69, 9.17) is 16.0 Å². The largest absolute Gasteiger partial charge is 0.453 e. The molecular weight excluding hydrogens is 212 g/mol. The lowest BCUT2D eigenvalue weighted by Crippen LogP contribution is -2.26. The van der Waals surface area contributed by atoms with Crippen LogP contribution in [0.25, 0.3) is 0 Å². The number of furan rings is 1. The van der Waals surface area contributed by atoms with Crippen molar-refractivity contribution < 1.29 is 4.42 Å². The minimum absolute atomic E-state index is 0.489. The molecule has 0 unspecified atom stereocenters. The third-order valence-electron chi connectivity index (χ3n) is 2.09. The maximum atomic E-state index is 5.80. The van der Waals surface area contributed by atoms with Crippen LogP contribution in [-0.4, -0.2) is 19.1 Å². The summed E-state index contributed by atoms with van der Waals surface area (Å²) in [5, 5.41) is 7.17. The van der Waals surface area contributed by atoms with Crippen LogP contribution in [0.3, 0.4) is 0 Å². The van der Waals surface area contributed by atoms with Crippen molar-refractivity contribution in [2.45, 2.75) is 32.9 Å². The van der Waals surface area contributed by atoms with Crippen molar-refractivity contribution in [1.29, 1.82) is 0 Å². The lowest BCUT2D eigenvalue weighted by Gasteiger charge is -2.08. The Labute approximate surface area is 96.2 Å². The molecule has 2 N–H and O–H groups in total. The zero-order valence-electron chi connectivity index (χ0n) is 9.35. The second-order valence-electron chi connectivity index (χ2n) is 3.86. The molecule has 1 rings (SSSR count). The lowest BCUT2D eigenvalue weighted by atomic mass is 10.3. The van der Waals surface area contributed by atoms with Gasteiger partial charge in [0.05, 0.1) is 6.26 Å². The number of hydrogen-bond donors (Lipinski definition) is 2. The van der Waals surface area contributed by atoms with Crippen molar-refractivity contribution in [3.8, 4) is 0 Å². The molecule has 0 spiro atoms. The second kappa shape index (κ2) is 6.88. The van der Waals surface area contributed by atoms with Gasteiger partial charge in [0.2, 0.25) is 0 Å². The molecule has 0 aliphatic rings. The summed E-state index contributed by atoms with van der Waals surface area (Å²) < 4.78 is 4.99. The molecular formula is C11H19ClN2O. The fourth-order valence-electron chi connectivity index (χ4n) is 1.27. The normalized spacial score (nSPS) is 11.2. The van der Waals surface area contributed by atoms with Gasteiger partial charge in [-0.2, -0.15) is 0 Å². The lowest BCUT2D eigenvalue weighted by molar-refractivity contribution is 0.542. The molecule has 0 aromatic carbocycles. The SMILES string of the molecule is CC(C)NCCCNCc1ccoc1Cl. The highest BCUT2D eigenvalue weighted by Gasteiger charge is 2.01. The predicted molar refractivity (Wildman–Crippen MR) is 63.2 cm³/mol. The first-order valence-electron chi connectivity index (χ1n) is 5.36. The van der Waals surface area contributed by atoms with E-state index >= 15 is 0 Å². The number of rotatable bonds is 7. The summed E-state index contributed by atoms with van der Waals surface area (Å²) in [5.41, 5.74) is 1.02. The summed E-state index contributed by atoms with van der Waals surface area (Å²) in [6.45, 7) is 7.11. The second-order valence-corrected chi connectivity index (χ2v) is 4.20. The van der Waals surface area contributed by atoms with E-state index in [9.17, 15) is 0 Å². The van der Waals surface area contributed by atoms with Crippen LogP contribution < -0.4 is 10.6 Å². The Kier molecular flexibility index (Phi) is 5.76. The van der Waals surface area contributed by atoms with Gasteiger partial charge in [-0.1, -0.05) is 13.8 Å². The fourth-order valence-corrected chi connectivity index (χ4v) is 1.45. The zero-order chi connectivity index (χ0) is 11.1. The van der Waals surface area contributed by atoms with Crippen LogP contribution in [0.15, 0.2) is 16.7 Å². The van der Waals surface area contributed by atoms with Gasteiger partial charge in [0, 0.05) is 18.2 Å². The Morgan fingerprint density at radius 2 is 2.20 bits per heavy atom. The molecule has 0 aliphatic heterocycles. The van der Waals surface area contributed by atoms with Crippen LogP contribution >= 0.6 is 11.6 Å². The highest BCUT2D eigenvalue weighted by molar-refractivity contribution is 6.29. The molecule has 0 aliphatic carbocycles.